The van der Waals surface area contributed by atoms with Gasteiger partial charge in [-0.3, -0.25) is 0 Å². The topological polar surface area (TPSA) is 37.3 Å². The van der Waals surface area contributed by atoms with Crippen LogP contribution in [0.15, 0.2) is 24.3 Å². The Bertz CT molecular complexity index is 258. The van der Waals surface area contributed by atoms with E-state index in [1.165, 1.54) is 0 Å². The molecule has 0 spiro atoms. The normalized spacial score (nSPS) is 9.30. The Hall–Kier alpha value is -0.580. The Kier molecular flexibility index (Phi) is 2.26. The van der Waals surface area contributed by atoms with Crippen LogP contribution in [0, 0.1) is 3.57 Å². The van der Waals surface area contributed by atoms with Crippen molar-refractivity contribution >= 4 is 28.6 Å². The summed E-state index contributed by atoms with van der Waals surface area (Å²) in [5.41, 5.74) is 0.340. The van der Waals surface area contributed by atoms with Crippen molar-refractivity contribution in [2.45, 2.75) is 0 Å². The van der Waals surface area contributed by atoms with Crippen LogP contribution in [-0.4, -0.2) is 11.1 Å². The molecule has 2 nitrogen and oxygen atoms in total. The van der Waals surface area contributed by atoms with E-state index in [1.54, 1.807) is 18.2 Å². The van der Waals surface area contributed by atoms with Crippen LogP contribution < -0.4 is 0 Å². The van der Waals surface area contributed by atoms with Crippen LogP contribution in [0.3, 0.4) is 0 Å². The molecule has 0 aromatic heterocycles. The number of aromatic carboxylic acids is 1. The van der Waals surface area contributed by atoms with Crippen molar-refractivity contribution in [3.63, 3.8) is 0 Å². The second-order valence-electron chi connectivity index (χ2n) is 1.82. The highest BCUT2D eigenvalue weighted by molar-refractivity contribution is 14.1. The van der Waals surface area contributed by atoms with Gasteiger partial charge in [0.2, 0.25) is 0 Å². The first-order valence-electron chi connectivity index (χ1n) is 2.69. The Morgan fingerprint density at radius 3 is 2.60 bits per heavy atom. The van der Waals surface area contributed by atoms with Gasteiger partial charge in [-0.15, -0.1) is 0 Å². The lowest BCUT2D eigenvalue weighted by molar-refractivity contribution is 0.0697. The van der Waals surface area contributed by atoms with E-state index in [4.69, 9.17) is 5.11 Å². The van der Waals surface area contributed by atoms with Gasteiger partial charge < -0.3 is 5.11 Å². The van der Waals surface area contributed by atoms with Gasteiger partial charge in [0.05, 0.1) is 5.56 Å². The van der Waals surface area contributed by atoms with Crippen LogP contribution in [0.25, 0.3) is 0 Å². The fourth-order valence-electron chi connectivity index (χ4n) is 0.622. The third kappa shape index (κ3) is 1.70. The van der Waals surface area contributed by atoms with E-state index >= 15 is 0 Å². The van der Waals surface area contributed by atoms with Gasteiger partial charge in [0.1, 0.15) is 0 Å². The smallest absolute Gasteiger partial charge is 0.335 e. The predicted molar refractivity (Wildman–Crippen MR) is 46.1 cm³/mol. The van der Waals surface area contributed by atoms with Crippen LogP contribution >= 0.6 is 22.6 Å². The molecule has 1 rings (SSSR count). The number of carboxylic acid groups (broad SMARTS) is 1. The van der Waals surface area contributed by atoms with Crippen LogP contribution in [-0.2, 0) is 0 Å². The number of benzene rings is 1. The Morgan fingerprint density at radius 2 is 2.20 bits per heavy atom. The number of halogens is 1. The number of rotatable bonds is 1. The molecule has 0 amide bonds. The SMILES string of the molecule is O=C(O)c1cccc([131I])c1. The molecule has 3 heteroatoms. The maximum Gasteiger partial charge on any atom is 0.335 e. The highest BCUT2D eigenvalue weighted by Crippen LogP contribution is 2.06. The van der Waals surface area contributed by atoms with E-state index in [0.717, 1.165) is 3.57 Å². The molecule has 52 valence electrons. The van der Waals surface area contributed by atoms with Crippen molar-refractivity contribution in [3.8, 4) is 0 Å². The van der Waals surface area contributed by atoms with E-state index in [-0.39, 0.29) is 0 Å². The fourth-order valence-corrected chi connectivity index (χ4v) is 1.16. The van der Waals surface area contributed by atoms with Crippen molar-refractivity contribution in [2.24, 2.45) is 0 Å². The summed E-state index contributed by atoms with van der Waals surface area (Å²) in [6.45, 7) is 0. The van der Waals surface area contributed by atoms with Gasteiger partial charge in [-0.05, 0) is 40.8 Å². The zero-order chi connectivity index (χ0) is 7.56. The highest BCUT2D eigenvalue weighted by Gasteiger charge is 1.99. The third-order valence-corrected chi connectivity index (χ3v) is 1.74. The molecular weight excluding hydrogens is 247 g/mol. The number of hydrogen-bond acceptors (Lipinski definition) is 1. The summed E-state index contributed by atoms with van der Waals surface area (Å²) in [6, 6.07) is 6.78. The van der Waals surface area contributed by atoms with Gasteiger partial charge in [-0.2, -0.15) is 0 Å². The molecule has 1 N–H and O–H groups in total. The summed E-state index contributed by atoms with van der Waals surface area (Å²) in [7, 11) is 0. The van der Waals surface area contributed by atoms with Gasteiger partial charge in [0.25, 0.3) is 0 Å². The summed E-state index contributed by atoms with van der Waals surface area (Å²) in [6.07, 6.45) is 0. The first-order chi connectivity index (χ1) is 4.70. The zero-order valence-corrected chi connectivity index (χ0v) is 7.20. The van der Waals surface area contributed by atoms with Crippen molar-refractivity contribution in [1.82, 2.24) is 0 Å². The largest absolute Gasteiger partial charge is 0.478 e. The Labute approximate surface area is 72.0 Å². The van der Waals surface area contributed by atoms with E-state index in [1.807, 2.05) is 6.07 Å². The third-order valence-electron chi connectivity index (χ3n) is 1.07. The maximum atomic E-state index is 10.3. The lowest BCUT2D eigenvalue weighted by Gasteiger charge is -1.92. The summed E-state index contributed by atoms with van der Waals surface area (Å²) in [5, 5.41) is 8.51. The van der Waals surface area contributed by atoms with Crippen LogP contribution in [0.4, 0.5) is 0 Å². The zero-order valence-electron chi connectivity index (χ0n) is 5.04. The monoisotopic (exact) mass is 252 g/mol. The molecule has 0 unspecified atom stereocenters. The van der Waals surface area contributed by atoms with E-state index in [2.05, 4.69) is 22.6 Å². The molecule has 0 aliphatic carbocycles. The molecule has 0 saturated heterocycles. The molecule has 0 bridgehead atoms. The van der Waals surface area contributed by atoms with Gasteiger partial charge in [0.15, 0.2) is 0 Å². The molecule has 0 saturated carbocycles. The molecule has 0 fully saturated rings. The van der Waals surface area contributed by atoms with Gasteiger partial charge >= 0.3 is 5.97 Å². The second-order valence-corrected chi connectivity index (χ2v) is 3.06. The van der Waals surface area contributed by atoms with Crippen molar-refractivity contribution in [3.05, 3.63) is 33.4 Å². The lowest BCUT2D eigenvalue weighted by atomic mass is 10.2. The maximum absolute atomic E-state index is 10.3. The molecule has 0 radical (unpaired) electrons. The molecule has 0 aliphatic heterocycles. The number of hydrogen-bond donors (Lipinski definition) is 1. The van der Waals surface area contributed by atoms with Crippen LogP contribution in [0.1, 0.15) is 10.4 Å². The lowest BCUT2D eigenvalue weighted by Crippen LogP contribution is -1.95. The standard InChI is InChI=1S/C7H5IO2/c8-6-3-1-2-5(4-6)7(9)10/h1-4H,(H,9,10)/i8+4. The van der Waals surface area contributed by atoms with Gasteiger partial charge in [-0.25, -0.2) is 4.79 Å². The van der Waals surface area contributed by atoms with E-state index in [0.29, 0.717) is 5.56 Å². The summed E-state index contributed by atoms with van der Waals surface area (Å²) in [4.78, 5) is 10.3. The molecular formula is C7H5IO2. The minimum atomic E-state index is -0.876. The Balaban J connectivity index is 3.07. The quantitative estimate of drug-likeness (QED) is 0.776. The van der Waals surface area contributed by atoms with Crippen molar-refractivity contribution in [2.75, 3.05) is 0 Å². The van der Waals surface area contributed by atoms with Gasteiger partial charge in [0, 0.05) is 3.57 Å². The summed E-state index contributed by atoms with van der Waals surface area (Å²) < 4.78 is 0.942. The van der Waals surface area contributed by atoms with Crippen molar-refractivity contribution in [1.29, 1.82) is 0 Å². The molecule has 0 aliphatic rings. The molecule has 1 aromatic rings. The van der Waals surface area contributed by atoms with Gasteiger partial charge in [-0.1, -0.05) is 6.07 Å². The number of carboxylic acids is 1. The molecule has 1 aromatic carbocycles. The minimum absolute atomic E-state index is 0.340. The Morgan fingerprint density at radius 1 is 1.50 bits per heavy atom. The van der Waals surface area contributed by atoms with E-state index in [9.17, 15) is 4.79 Å². The van der Waals surface area contributed by atoms with Crippen LogP contribution in [0.2, 0.25) is 0 Å². The summed E-state index contributed by atoms with van der Waals surface area (Å²) in [5.74, 6) is -0.876. The van der Waals surface area contributed by atoms with E-state index < -0.39 is 5.97 Å². The predicted octanol–water partition coefficient (Wildman–Crippen LogP) is 1.99. The first-order valence-corrected chi connectivity index (χ1v) is 3.77. The minimum Gasteiger partial charge on any atom is -0.478 e. The average Bonchev–Trinajstić information content (AvgIpc) is 1.88. The number of carbonyl (C=O) groups is 1. The van der Waals surface area contributed by atoms with Crippen LogP contribution in [0.5, 0.6) is 0 Å². The summed E-state index contributed by atoms with van der Waals surface area (Å²) >= 11 is 2.08. The highest BCUT2D eigenvalue weighted by atomic mass is 131. The first kappa shape index (κ1) is 7.53. The van der Waals surface area contributed by atoms with Crippen molar-refractivity contribution < 1.29 is 9.90 Å². The second kappa shape index (κ2) is 3.01. The molecule has 0 heterocycles. The average molecular weight is 252 g/mol. The molecule has 10 heavy (non-hydrogen) atoms. The fraction of sp³-hybridized carbons (Fsp3) is 0. The molecule has 0 atom stereocenters.